The third-order valence-electron chi connectivity index (χ3n) is 5.58. The number of nitrogens with zero attached hydrogens (tertiary/aromatic N) is 5. The summed E-state index contributed by atoms with van der Waals surface area (Å²) in [7, 11) is 4.47. The van der Waals surface area contributed by atoms with E-state index in [-0.39, 0.29) is 28.5 Å². The Morgan fingerprint density at radius 3 is 2.59 bits per heavy atom. The molecule has 0 radical (unpaired) electrons. The fourth-order valence-electron chi connectivity index (χ4n) is 3.55. The predicted octanol–water partition coefficient (Wildman–Crippen LogP) is 4.66. The number of hydrogen-bond donors (Lipinski definition) is 2. The Balaban J connectivity index is 1.60. The maximum Gasteiger partial charge on any atom is 0.420 e. The van der Waals surface area contributed by atoms with Gasteiger partial charge in [0.1, 0.15) is 28.9 Å². The monoisotopic (exact) mass is 545 g/mol. The van der Waals surface area contributed by atoms with E-state index >= 15 is 0 Å². The highest BCUT2D eigenvalue weighted by molar-refractivity contribution is 6.05. The topological polar surface area (TPSA) is 114 Å². The van der Waals surface area contributed by atoms with Crippen LogP contribution >= 0.6 is 0 Å². The summed E-state index contributed by atoms with van der Waals surface area (Å²) in [6.07, 6.45) is -1.95. The van der Waals surface area contributed by atoms with Crippen LogP contribution in [0.25, 0.3) is 11.0 Å². The van der Waals surface area contributed by atoms with E-state index < -0.39 is 23.5 Å². The van der Waals surface area contributed by atoms with Crippen molar-refractivity contribution in [2.75, 3.05) is 50.0 Å². The molecule has 0 fully saturated rings. The van der Waals surface area contributed by atoms with Crippen LogP contribution in [0.3, 0.4) is 0 Å². The van der Waals surface area contributed by atoms with Crippen molar-refractivity contribution in [3.63, 3.8) is 0 Å². The minimum atomic E-state index is -4.69. The third kappa shape index (κ3) is 6.29. The smallest absolute Gasteiger partial charge is 0.420 e. The van der Waals surface area contributed by atoms with Crippen molar-refractivity contribution >= 4 is 40.1 Å². The molecule has 0 bridgehead atoms. The Morgan fingerprint density at radius 2 is 1.87 bits per heavy atom. The van der Waals surface area contributed by atoms with Crippen LogP contribution in [0, 0.1) is 5.82 Å². The van der Waals surface area contributed by atoms with Gasteiger partial charge in [-0.1, -0.05) is 0 Å². The highest BCUT2D eigenvalue weighted by atomic mass is 19.4. The first kappa shape index (κ1) is 27.4. The summed E-state index contributed by atoms with van der Waals surface area (Å²) in [5, 5.41) is 5.22. The zero-order valence-electron chi connectivity index (χ0n) is 21.0. The van der Waals surface area contributed by atoms with E-state index in [2.05, 4.69) is 30.6 Å². The Bertz CT molecular complexity index is 1500. The first-order chi connectivity index (χ1) is 18.6. The fourth-order valence-corrected chi connectivity index (χ4v) is 3.55. The van der Waals surface area contributed by atoms with Gasteiger partial charge in [-0.2, -0.15) is 13.2 Å². The van der Waals surface area contributed by atoms with E-state index in [4.69, 9.17) is 9.47 Å². The quantitative estimate of drug-likeness (QED) is 0.290. The first-order valence-corrected chi connectivity index (χ1v) is 11.4. The lowest BCUT2D eigenvalue weighted by Crippen LogP contribution is -2.24. The number of fused-ring (bicyclic) bond motifs is 1. The van der Waals surface area contributed by atoms with Crippen LogP contribution in [0.2, 0.25) is 0 Å². The molecule has 0 saturated carbocycles. The Hall–Kier alpha value is -4.59. The second-order valence-electron chi connectivity index (χ2n) is 8.23. The molecule has 2 heterocycles. The normalized spacial score (nSPS) is 11.4. The summed E-state index contributed by atoms with van der Waals surface area (Å²) in [6.45, 7) is 0.964. The molecule has 204 valence electrons. The number of carbonyl (C=O) groups excluding carboxylic acids is 1. The van der Waals surface area contributed by atoms with Gasteiger partial charge < -0.3 is 25.0 Å². The number of alkyl halides is 3. The van der Waals surface area contributed by atoms with Crippen molar-refractivity contribution in [2.24, 2.45) is 0 Å². The molecule has 0 aliphatic carbocycles. The number of halogens is 4. The number of amides is 1. The number of methoxy groups -OCH3 is 2. The number of rotatable bonds is 9. The molecule has 0 aliphatic rings. The molecule has 2 N–H and O–H groups in total. The summed E-state index contributed by atoms with van der Waals surface area (Å²) >= 11 is 0. The van der Waals surface area contributed by atoms with Crippen LogP contribution in [0.4, 0.5) is 40.7 Å². The molecule has 0 unspecified atom stereocenters. The third-order valence-corrected chi connectivity index (χ3v) is 5.58. The SMILES string of the molecule is COCCN(C)c1ncc2ncnc(Nc3cc(C(=O)Nc4ccc(OC)c(C(F)(F)F)c4)ccc3F)c2n1. The standard InChI is InChI=1S/C25H23F4N7O3/c1-36(8-9-38-2)24-30-12-19-21(35-24)22(32-13-31-19)34-18-10-14(4-6-17(18)26)23(37)33-15-5-7-20(39-3)16(11-15)25(27,28)29/h4-7,10-13H,8-9H2,1-3H3,(H,33,37)(H,31,32,34). The lowest BCUT2D eigenvalue weighted by atomic mass is 10.1. The van der Waals surface area contributed by atoms with E-state index in [1.807, 2.05) is 0 Å². The summed E-state index contributed by atoms with van der Waals surface area (Å²) in [6, 6.07) is 6.58. The number of anilines is 4. The molecule has 2 aromatic heterocycles. The summed E-state index contributed by atoms with van der Waals surface area (Å²) in [5.41, 5.74) is -0.591. The van der Waals surface area contributed by atoms with Gasteiger partial charge in [-0.15, -0.1) is 0 Å². The van der Waals surface area contributed by atoms with Gasteiger partial charge in [-0.05, 0) is 36.4 Å². The fraction of sp³-hybridized carbons (Fsp3) is 0.240. The van der Waals surface area contributed by atoms with Gasteiger partial charge in [0.25, 0.3) is 5.91 Å². The van der Waals surface area contributed by atoms with E-state index in [9.17, 15) is 22.4 Å². The molecular weight excluding hydrogens is 522 g/mol. The van der Waals surface area contributed by atoms with Crippen LogP contribution in [0.1, 0.15) is 15.9 Å². The lowest BCUT2D eigenvalue weighted by Gasteiger charge is -2.17. The number of hydrogen-bond acceptors (Lipinski definition) is 9. The molecular formula is C25H23F4N7O3. The second-order valence-corrected chi connectivity index (χ2v) is 8.23. The highest BCUT2D eigenvalue weighted by Gasteiger charge is 2.34. The Morgan fingerprint density at radius 1 is 1.08 bits per heavy atom. The number of aromatic nitrogens is 4. The summed E-state index contributed by atoms with van der Waals surface area (Å²) in [5.74, 6) is -1.32. The van der Waals surface area contributed by atoms with Gasteiger partial charge in [0.2, 0.25) is 5.95 Å². The molecule has 2 aromatic carbocycles. The molecule has 1 amide bonds. The van der Waals surface area contributed by atoms with Crippen molar-refractivity contribution in [1.29, 1.82) is 0 Å². The van der Waals surface area contributed by atoms with Crippen LogP contribution in [-0.2, 0) is 10.9 Å². The van der Waals surface area contributed by atoms with Gasteiger partial charge >= 0.3 is 6.18 Å². The molecule has 0 saturated heterocycles. The first-order valence-electron chi connectivity index (χ1n) is 11.4. The minimum absolute atomic E-state index is 0.0174. The summed E-state index contributed by atoms with van der Waals surface area (Å²) < 4.78 is 64.6. The molecule has 0 atom stereocenters. The van der Waals surface area contributed by atoms with Crippen LogP contribution in [0.5, 0.6) is 5.75 Å². The number of nitrogens with one attached hydrogen (secondary N) is 2. The second kappa shape index (κ2) is 11.4. The van der Waals surface area contributed by atoms with Crippen LogP contribution < -0.4 is 20.3 Å². The molecule has 0 spiro atoms. The van der Waals surface area contributed by atoms with E-state index in [1.54, 1.807) is 19.1 Å². The Kier molecular flexibility index (Phi) is 8.04. The van der Waals surface area contributed by atoms with Gasteiger partial charge in [0.15, 0.2) is 5.82 Å². The molecule has 39 heavy (non-hydrogen) atoms. The van der Waals surface area contributed by atoms with Crippen molar-refractivity contribution in [1.82, 2.24) is 19.9 Å². The average Bonchev–Trinajstić information content (AvgIpc) is 2.92. The van der Waals surface area contributed by atoms with E-state index in [0.717, 1.165) is 25.3 Å². The minimum Gasteiger partial charge on any atom is -0.496 e. The Labute approximate surface area is 220 Å². The molecule has 14 heteroatoms. The van der Waals surface area contributed by atoms with Crippen molar-refractivity contribution in [2.45, 2.75) is 6.18 Å². The maximum atomic E-state index is 14.7. The number of benzene rings is 2. The van der Waals surface area contributed by atoms with Gasteiger partial charge in [0, 0.05) is 32.0 Å². The van der Waals surface area contributed by atoms with Crippen LogP contribution in [0.15, 0.2) is 48.9 Å². The zero-order valence-corrected chi connectivity index (χ0v) is 21.0. The number of carbonyl (C=O) groups is 1. The lowest BCUT2D eigenvalue weighted by molar-refractivity contribution is -0.138. The van der Waals surface area contributed by atoms with E-state index in [0.29, 0.717) is 30.1 Å². The maximum absolute atomic E-state index is 14.7. The molecule has 10 nitrogen and oxygen atoms in total. The van der Waals surface area contributed by atoms with E-state index in [1.165, 1.54) is 30.7 Å². The average molecular weight is 545 g/mol. The van der Waals surface area contributed by atoms with Gasteiger partial charge in [-0.3, -0.25) is 4.79 Å². The zero-order chi connectivity index (χ0) is 28.2. The largest absolute Gasteiger partial charge is 0.496 e. The van der Waals surface area contributed by atoms with Crippen molar-refractivity contribution in [3.05, 3.63) is 65.9 Å². The number of likely N-dealkylation sites (N-methyl/N-ethyl adjacent to an activating group) is 1. The van der Waals surface area contributed by atoms with Crippen LogP contribution in [-0.4, -0.2) is 60.3 Å². The summed E-state index contributed by atoms with van der Waals surface area (Å²) in [4.78, 5) is 31.6. The van der Waals surface area contributed by atoms with Gasteiger partial charge in [-0.25, -0.2) is 24.3 Å². The van der Waals surface area contributed by atoms with Crippen molar-refractivity contribution < 1.29 is 31.8 Å². The van der Waals surface area contributed by atoms with Gasteiger partial charge in [0.05, 0.1) is 31.2 Å². The molecule has 0 aliphatic heterocycles. The highest BCUT2D eigenvalue weighted by Crippen LogP contribution is 2.38. The predicted molar refractivity (Wildman–Crippen MR) is 136 cm³/mol. The van der Waals surface area contributed by atoms with Crippen molar-refractivity contribution in [3.8, 4) is 5.75 Å². The number of ether oxygens (including phenoxy) is 2. The molecule has 4 aromatic rings. The molecule has 4 rings (SSSR count).